The largest absolute Gasteiger partial charge is 0.381 e. The van der Waals surface area contributed by atoms with E-state index in [4.69, 9.17) is 4.74 Å². The van der Waals surface area contributed by atoms with Crippen LogP contribution in [-0.4, -0.2) is 42.5 Å². The molecular weight excluding hydrogens is 314 g/mol. The fourth-order valence-electron chi connectivity index (χ4n) is 2.44. The highest BCUT2D eigenvalue weighted by Crippen LogP contribution is 2.00. The number of hydrogen-bond acceptors (Lipinski definition) is 3. The molecule has 25 heavy (non-hydrogen) atoms. The highest BCUT2D eigenvalue weighted by molar-refractivity contribution is 5.79. The number of nitrogens with zero attached hydrogens (tertiary/aromatic N) is 3. The quantitative estimate of drug-likeness (QED) is 0.394. The summed E-state index contributed by atoms with van der Waals surface area (Å²) in [6, 6.07) is 12.4. The summed E-state index contributed by atoms with van der Waals surface area (Å²) in [6.07, 6.45) is 4.87. The third-order valence-electron chi connectivity index (χ3n) is 3.97. The van der Waals surface area contributed by atoms with Crippen LogP contribution in [0.2, 0.25) is 0 Å². The number of aliphatic imine (C=N–C) groups is 1. The summed E-state index contributed by atoms with van der Waals surface area (Å²) in [4.78, 5) is 4.23. The van der Waals surface area contributed by atoms with E-state index in [0.29, 0.717) is 6.54 Å². The lowest BCUT2D eigenvalue weighted by molar-refractivity contribution is 0.133. The second-order valence-corrected chi connectivity index (χ2v) is 5.85. The Morgan fingerprint density at radius 3 is 2.68 bits per heavy atom. The molecule has 2 N–H and O–H groups in total. The van der Waals surface area contributed by atoms with Crippen molar-refractivity contribution in [2.24, 2.45) is 12.0 Å². The lowest BCUT2D eigenvalue weighted by Gasteiger charge is -2.12. The number of rotatable bonds is 10. The number of aryl methyl sites for hydroxylation is 1. The zero-order valence-electron chi connectivity index (χ0n) is 15.2. The maximum absolute atomic E-state index is 5.70. The first-order valence-corrected chi connectivity index (χ1v) is 8.82. The van der Waals surface area contributed by atoms with Gasteiger partial charge in [0.2, 0.25) is 0 Å². The lowest BCUT2D eigenvalue weighted by atomic mass is 10.2. The summed E-state index contributed by atoms with van der Waals surface area (Å²) < 4.78 is 7.55. The maximum Gasteiger partial charge on any atom is 0.191 e. The van der Waals surface area contributed by atoms with Gasteiger partial charge in [0.25, 0.3) is 0 Å². The molecule has 2 rings (SSSR count). The zero-order valence-corrected chi connectivity index (χ0v) is 15.2. The number of ether oxygens (including phenoxy) is 1. The minimum atomic E-state index is 0.707. The predicted molar refractivity (Wildman–Crippen MR) is 102 cm³/mol. The van der Waals surface area contributed by atoms with Crippen LogP contribution in [0.1, 0.15) is 24.1 Å². The van der Waals surface area contributed by atoms with Gasteiger partial charge in [-0.1, -0.05) is 30.3 Å². The van der Waals surface area contributed by atoms with Gasteiger partial charge in [0.1, 0.15) is 0 Å². The number of benzene rings is 1. The minimum absolute atomic E-state index is 0.707. The molecule has 0 amide bonds. The Balaban J connectivity index is 1.48. The van der Waals surface area contributed by atoms with E-state index in [-0.39, 0.29) is 0 Å². The van der Waals surface area contributed by atoms with Crippen LogP contribution in [0.5, 0.6) is 0 Å². The third kappa shape index (κ3) is 7.39. The van der Waals surface area contributed by atoms with Crippen LogP contribution in [0.3, 0.4) is 0 Å². The fourth-order valence-corrected chi connectivity index (χ4v) is 2.44. The molecule has 0 spiro atoms. The SMILES string of the molecule is CN=C(NCCCCOCCc1ccccc1)NCc1ccnn1C. The van der Waals surface area contributed by atoms with Crippen molar-refractivity contribution >= 4 is 5.96 Å². The number of unbranched alkanes of at least 4 members (excludes halogenated alkanes) is 1. The van der Waals surface area contributed by atoms with E-state index in [9.17, 15) is 0 Å². The molecule has 0 fully saturated rings. The molecule has 0 aliphatic rings. The smallest absolute Gasteiger partial charge is 0.191 e. The first-order chi connectivity index (χ1) is 12.3. The van der Waals surface area contributed by atoms with E-state index in [1.165, 1.54) is 5.56 Å². The van der Waals surface area contributed by atoms with Gasteiger partial charge in [0.05, 0.1) is 18.8 Å². The van der Waals surface area contributed by atoms with Crippen LogP contribution in [0.15, 0.2) is 47.6 Å². The molecule has 0 bridgehead atoms. The van der Waals surface area contributed by atoms with Gasteiger partial charge in [0.15, 0.2) is 5.96 Å². The van der Waals surface area contributed by atoms with Crippen molar-refractivity contribution in [2.45, 2.75) is 25.8 Å². The molecule has 0 unspecified atom stereocenters. The molecule has 0 saturated heterocycles. The van der Waals surface area contributed by atoms with Crippen molar-refractivity contribution in [2.75, 3.05) is 26.8 Å². The molecule has 0 saturated carbocycles. The number of guanidine groups is 1. The second kappa shape index (κ2) is 11.3. The molecule has 0 aliphatic heterocycles. The van der Waals surface area contributed by atoms with Crippen LogP contribution in [-0.2, 0) is 24.8 Å². The topological polar surface area (TPSA) is 63.5 Å². The summed E-state index contributed by atoms with van der Waals surface area (Å²) >= 11 is 0. The monoisotopic (exact) mass is 343 g/mol. The maximum atomic E-state index is 5.70. The van der Waals surface area contributed by atoms with Crippen LogP contribution >= 0.6 is 0 Å². The Labute approximate surface area is 150 Å². The molecule has 6 heteroatoms. The van der Waals surface area contributed by atoms with Crippen LogP contribution in [0.4, 0.5) is 0 Å². The van der Waals surface area contributed by atoms with Gasteiger partial charge in [-0.15, -0.1) is 0 Å². The highest BCUT2D eigenvalue weighted by Gasteiger charge is 2.01. The zero-order chi connectivity index (χ0) is 17.7. The molecule has 6 nitrogen and oxygen atoms in total. The molecule has 136 valence electrons. The van der Waals surface area contributed by atoms with Gasteiger partial charge < -0.3 is 15.4 Å². The van der Waals surface area contributed by atoms with Crippen LogP contribution < -0.4 is 10.6 Å². The summed E-state index contributed by atoms with van der Waals surface area (Å²) in [5, 5.41) is 10.8. The fraction of sp³-hybridized carbons (Fsp3) is 0.474. The standard InChI is InChI=1S/C19H29N5O/c1-20-19(22-16-18-10-13-23-24(18)2)21-12-6-7-14-25-15-11-17-8-4-3-5-9-17/h3-5,8-10,13H,6-7,11-12,14-16H2,1-2H3,(H2,20,21,22). The molecule has 0 aliphatic carbocycles. The van der Waals surface area contributed by atoms with Gasteiger partial charge >= 0.3 is 0 Å². The van der Waals surface area contributed by atoms with Crippen molar-refractivity contribution in [3.8, 4) is 0 Å². The van der Waals surface area contributed by atoms with Gasteiger partial charge in [-0.05, 0) is 30.9 Å². The molecule has 0 radical (unpaired) electrons. The Kier molecular flexibility index (Phi) is 8.55. The predicted octanol–water partition coefficient (Wildman–Crippen LogP) is 2.12. The van der Waals surface area contributed by atoms with Crippen LogP contribution in [0, 0.1) is 0 Å². The average Bonchev–Trinajstić information content (AvgIpc) is 3.05. The third-order valence-corrected chi connectivity index (χ3v) is 3.97. The molecule has 1 heterocycles. The minimum Gasteiger partial charge on any atom is -0.381 e. The van der Waals surface area contributed by atoms with Crippen LogP contribution in [0.25, 0.3) is 0 Å². The average molecular weight is 343 g/mol. The lowest BCUT2D eigenvalue weighted by Crippen LogP contribution is -2.37. The van der Waals surface area contributed by atoms with E-state index in [0.717, 1.165) is 50.7 Å². The van der Waals surface area contributed by atoms with E-state index in [1.54, 1.807) is 13.2 Å². The number of nitrogens with one attached hydrogen (secondary N) is 2. The summed E-state index contributed by atoms with van der Waals surface area (Å²) in [5.74, 6) is 0.811. The van der Waals surface area contributed by atoms with Crippen molar-refractivity contribution in [1.29, 1.82) is 0 Å². The van der Waals surface area contributed by atoms with Gasteiger partial charge in [-0.25, -0.2) is 0 Å². The molecular formula is C19H29N5O. The van der Waals surface area contributed by atoms with Gasteiger partial charge in [-0.3, -0.25) is 9.67 Å². The molecule has 2 aromatic rings. The summed E-state index contributed by atoms with van der Waals surface area (Å²) in [6.45, 7) is 3.17. The first kappa shape index (κ1) is 19.0. The molecule has 1 aromatic heterocycles. The summed E-state index contributed by atoms with van der Waals surface area (Å²) in [7, 11) is 3.72. The van der Waals surface area contributed by atoms with E-state index in [2.05, 4.69) is 45.0 Å². The summed E-state index contributed by atoms with van der Waals surface area (Å²) in [5.41, 5.74) is 2.45. The van der Waals surface area contributed by atoms with Crippen molar-refractivity contribution in [3.05, 3.63) is 53.9 Å². The Bertz CT molecular complexity index is 624. The normalized spacial score (nSPS) is 11.5. The Morgan fingerprint density at radius 1 is 1.12 bits per heavy atom. The number of aromatic nitrogens is 2. The van der Waals surface area contributed by atoms with E-state index >= 15 is 0 Å². The highest BCUT2D eigenvalue weighted by atomic mass is 16.5. The molecule has 0 atom stereocenters. The first-order valence-electron chi connectivity index (χ1n) is 8.82. The van der Waals surface area contributed by atoms with Gasteiger partial charge in [-0.2, -0.15) is 5.10 Å². The van der Waals surface area contributed by atoms with Crippen molar-refractivity contribution in [1.82, 2.24) is 20.4 Å². The van der Waals surface area contributed by atoms with E-state index in [1.807, 2.05) is 23.9 Å². The Hall–Kier alpha value is -2.34. The van der Waals surface area contributed by atoms with Gasteiger partial charge in [0, 0.05) is 33.4 Å². The molecule has 1 aromatic carbocycles. The van der Waals surface area contributed by atoms with E-state index < -0.39 is 0 Å². The number of hydrogen-bond donors (Lipinski definition) is 2. The van der Waals surface area contributed by atoms with Crippen molar-refractivity contribution < 1.29 is 4.74 Å². The Morgan fingerprint density at radius 2 is 1.96 bits per heavy atom. The second-order valence-electron chi connectivity index (χ2n) is 5.85. The van der Waals surface area contributed by atoms with Crippen molar-refractivity contribution in [3.63, 3.8) is 0 Å².